The highest BCUT2D eigenvalue weighted by Crippen LogP contribution is 2.20. The predicted octanol–water partition coefficient (Wildman–Crippen LogP) is 2.71. The first-order valence-electron chi connectivity index (χ1n) is 7.86. The van der Waals surface area contributed by atoms with E-state index < -0.39 is 0 Å². The minimum Gasteiger partial charge on any atom is -0.326 e. The van der Waals surface area contributed by atoms with Crippen LogP contribution >= 0.6 is 0 Å². The number of rotatable bonds is 5. The number of hydrogen-bond donors (Lipinski definition) is 2. The Morgan fingerprint density at radius 3 is 2.39 bits per heavy atom. The maximum absolute atomic E-state index is 12.5. The summed E-state index contributed by atoms with van der Waals surface area (Å²) in [6.45, 7) is 3.72. The molecule has 2 aromatic rings. The van der Waals surface area contributed by atoms with Crippen LogP contribution in [-0.2, 0) is 4.79 Å². The van der Waals surface area contributed by atoms with Crippen molar-refractivity contribution in [1.29, 1.82) is 0 Å². The van der Waals surface area contributed by atoms with E-state index in [4.69, 9.17) is 0 Å². The lowest BCUT2D eigenvalue weighted by Gasteiger charge is -2.31. The highest BCUT2D eigenvalue weighted by atomic mass is 16.2. The molecule has 0 aliphatic carbocycles. The average molecular weight is 308 g/mol. The number of nitrogens with one attached hydrogen (secondary N) is 2. The molecule has 1 aliphatic rings. The fourth-order valence-electron chi connectivity index (χ4n) is 2.63. The molecule has 1 fully saturated rings. The highest BCUT2D eigenvalue weighted by Gasteiger charge is 2.28. The number of benzene rings is 2. The summed E-state index contributed by atoms with van der Waals surface area (Å²) in [5, 5.41) is 6.10. The molecule has 1 unspecified atom stereocenters. The third kappa shape index (κ3) is 3.48. The Labute approximate surface area is 135 Å². The van der Waals surface area contributed by atoms with Crippen molar-refractivity contribution in [2.75, 3.05) is 18.4 Å². The van der Waals surface area contributed by atoms with Gasteiger partial charge in [-0.2, -0.15) is 0 Å². The molecule has 0 saturated carbocycles. The van der Waals surface area contributed by atoms with E-state index in [1.54, 1.807) is 30.3 Å². The Hall–Kier alpha value is -2.46. The summed E-state index contributed by atoms with van der Waals surface area (Å²) in [5.41, 5.74) is 1.88. The van der Waals surface area contributed by atoms with E-state index in [0.717, 1.165) is 13.1 Å². The van der Waals surface area contributed by atoms with Crippen molar-refractivity contribution in [2.24, 2.45) is 11.8 Å². The van der Waals surface area contributed by atoms with Crippen LogP contribution < -0.4 is 10.6 Å². The van der Waals surface area contributed by atoms with E-state index in [1.165, 1.54) is 0 Å². The van der Waals surface area contributed by atoms with Gasteiger partial charge in [-0.3, -0.25) is 9.59 Å². The van der Waals surface area contributed by atoms with Gasteiger partial charge in [-0.1, -0.05) is 49.4 Å². The number of ketones is 1. The van der Waals surface area contributed by atoms with Crippen LogP contribution in [0.5, 0.6) is 0 Å². The fraction of sp³-hybridized carbons (Fsp3) is 0.263. The van der Waals surface area contributed by atoms with Crippen LogP contribution in [0.2, 0.25) is 0 Å². The Balaban J connectivity index is 1.72. The van der Waals surface area contributed by atoms with E-state index in [2.05, 4.69) is 10.6 Å². The normalized spacial score (nSPS) is 15.5. The molecule has 2 aromatic carbocycles. The van der Waals surface area contributed by atoms with Crippen LogP contribution in [0.1, 0.15) is 22.8 Å². The van der Waals surface area contributed by atoms with Gasteiger partial charge in [-0.05, 0) is 31.1 Å². The molecule has 23 heavy (non-hydrogen) atoms. The van der Waals surface area contributed by atoms with Gasteiger partial charge in [0.1, 0.15) is 0 Å². The first kappa shape index (κ1) is 15.4. The Morgan fingerprint density at radius 2 is 1.74 bits per heavy atom. The van der Waals surface area contributed by atoms with Crippen molar-refractivity contribution in [3.8, 4) is 0 Å². The van der Waals surface area contributed by atoms with Gasteiger partial charge in [-0.15, -0.1) is 0 Å². The fourth-order valence-corrected chi connectivity index (χ4v) is 2.63. The highest BCUT2D eigenvalue weighted by molar-refractivity contribution is 6.09. The zero-order valence-corrected chi connectivity index (χ0v) is 13.1. The molecular formula is C19H20N2O2. The van der Waals surface area contributed by atoms with Gasteiger partial charge in [0, 0.05) is 22.7 Å². The molecule has 0 radical (unpaired) electrons. The zero-order chi connectivity index (χ0) is 16.2. The van der Waals surface area contributed by atoms with Gasteiger partial charge in [0.15, 0.2) is 5.78 Å². The van der Waals surface area contributed by atoms with Gasteiger partial charge in [-0.25, -0.2) is 0 Å². The summed E-state index contributed by atoms with van der Waals surface area (Å²) in [6, 6.07) is 16.2. The van der Waals surface area contributed by atoms with Crippen molar-refractivity contribution in [2.45, 2.75) is 6.92 Å². The van der Waals surface area contributed by atoms with Gasteiger partial charge in [0.2, 0.25) is 5.91 Å². The van der Waals surface area contributed by atoms with E-state index in [9.17, 15) is 9.59 Å². The maximum Gasteiger partial charge on any atom is 0.227 e. The van der Waals surface area contributed by atoms with Crippen LogP contribution in [0.15, 0.2) is 54.6 Å². The first-order chi connectivity index (χ1) is 11.1. The number of carbonyl (C=O) groups is 2. The van der Waals surface area contributed by atoms with E-state index >= 15 is 0 Å². The second-order valence-electron chi connectivity index (χ2n) is 5.97. The summed E-state index contributed by atoms with van der Waals surface area (Å²) >= 11 is 0. The van der Waals surface area contributed by atoms with Crippen molar-refractivity contribution >= 4 is 17.4 Å². The number of carbonyl (C=O) groups excluding carboxylic acids is 2. The smallest absolute Gasteiger partial charge is 0.227 e. The molecule has 1 aliphatic heterocycles. The standard InChI is InChI=1S/C19H20N2O2/c1-13(16-11-20-12-16)19(23)21-17-9-5-8-15(10-17)18(22)14-6-3-2-4-7-14/h2-10,13,16,20H,11-12H2,1H3,(H,21,23). The van der Waals surface area contributed by atoms with Crippen LogP contribution in [0.3, 0.4) is 0 Å². The summed E-state index contributed by atoms with van der Waals surface area (Å²) in [7, 11) is 0. The molecule has 1 atom stereocenters. The van der Waals surface area contributed by atoms with Crippen LogP contribution in [0.25, 0.3) is 0 Å². The SMILES string of the molecule is CC(C(=O)Nc1cccc(C(=O)c2ccccc2)c1)C1CNC1. The summed E-state index contributed by atoms with van der Waals surface area (Å²) in [5.74, 6) is 0.313. The maximum atomic E-state index is 12.5. The minimum atomic E-state index is -0.0436. The molecule has 4 heteroatoms. The molecule has 2 N–H and O–H groups in total. The summed E-state index contributed by atoms with van der Waals surface area (Å²) in [6.07, 6.45) is 0. The number of hydrogen-bond acceptors (Lipinski definition) is 3. The second-order valence-corrected chi connectivity index (χ2v) is 5.97. The van der Waals surface area contributed by atoms with Crippen molar-refractivity contribution < 1.29 is 9.59 Å². The largest absolute Gasteiger partial charge is 0.326 e. The topological polar surface area (TPSA) is 58.2 Å². The van der Waals surface area contributed by atoms with E-state index in [0.29, 0.717) is 22.7 Å². The van der Waals surface area contributed by atoms with E-state index in [1.807, 2.05) is 31.2 Å². The quantitative estimate of drug-likeness (QED) is 0.835. The van der Waals surface area contributed by atoms with E-state index in [-0.39, 0.29) is 17.6 Å². The van der Waals surface area contributed by atoms with Crippen LogP contribution in [-0.4, -0.2) is 24.8 Å². The minimum absolute atomic E-state index is 0.000750. The third-order valence-electron chi connectivity index (χ3n) is 4.36. The first-order valence-corrected chi connectivity index (χ1v) is 7.86. The van der Waals surface area contributed by atoms with Gasteiger partial charge < -0.3 is 10.6 Å². The van der Waals surface area contributed by atoms with Crippen molar-refractivity contribution in [1.82, 2.24) is 5.32 Å². The lowest BCUT2D eigenvalue weighted by molar-refractivity contribution is -0.121. The average Bonchev–Trinajstić information content (AvgIpc) is 2.53. The molecule has 0 bridgehead atoms. The number of anilines is 1. The van der Waals surface area contributed by atoms with Gasteiger partial charge in [0.25, 0.3) is 0 Å². The molecule has 4 nitrogen and oxygen atoms in total. The van der Waals surface area contributed by atoms with Crippen LogP contribution in [0.4, 0.5) is 5.69 Å². The molecule has 1 amide bonds. The molecule has 1 saturated heterocycles. The Kier molecular flexibility index (Phi) is 4.53. The van der Waals surface area contributed by atoms with Gasteiger partial charge in [0.05, 0.1) is 0 Å². The second kappa shape index (κ2) is 6.75. The molecular weight excluding hydrogens is 288 g/mol. The van der Waals surface area contributed by atoms with Gasteiger partial charge >= 0.3 is 0 Å². The molecule has 0 aromatic heterocycles. The van der Waals surface area contributed by atoms with Crippen molar-refractivity contribution in [3.63, 3.8) is 0 Å². The van der Waals surface area contributed by atoms with Crippen LogP contribution in [0, 0.1) is 11.8 Å². The summed E-state index contributed by atoms with van der Waals surface area (Å²) < 4.78 is 0. The zero-order valence-electron chi connectivity index (χ0n) is 13.1. The Morgan fingerprint density at radius 1 is 1.04 bits per heavy atom. The summed E-state index contributed by atoms with van der Waals surface area (Å²) in [4.78, 5) is 24.7. The lowest BCUT2D eigenvalue weighted by Crippen LogP contribution is -2.48. The molecule has 0 spiro atoms. The third-order valence-corrected chi connectivity index (χ3v) is 4.36. The number of amides is 1. The predicted molar refractivity (Wildman–Crippen MR) is 90.5 cm³/mol. The lowest BCUT2D eigenvalue weighted by atomic mass is 9.88. The molecule has 1 heterocycles. The molecule has 118 valence electrons. The molecule has 3 rings (SSSR count). The Bertz CT molecular complexity index is 708. The van der Waals surface area contributed by atoms with Crippen molar-refractivity contribution in [3.05, 3.63) is 65.7 Å². The monoisotopic (exact) mass is 308 g/mol.